The van der Waals surface area contributed by atoms with Crippen molar-refractivity contribution in [3.8, 4) is 5.75 Å². The summed E-state index contributed by atoms with van der Waals surface area (Å²) in [6.45, 7) is 11.7. The summed E-state index contributed by atoms with van der Waals surface area (Å²) in [4.78, 5) is 18.8. The molecule has 8 heteroatoms. The number of tetrazole rings is 1. The highest BCUT2D eigenvalue weighted by molar-refractivity contribution is 5.80. The zero-order valence-corrected chi connectivity index (χ0v) is 21.9. The summed E-state index contributed by atoms with van der Waals surface area (Å²) in [6.07, 6.45) is 7.93. The highest BCUT2D eigenvalue weighted by Crippen LogP contribution is 2.35. The fourth-order valence-electron chi connectivity index (χ4n) is 5.30. The number of benzene rings is 1. The lowest BCUT2D eigenvalue weighted by atomic mass is 9.91. The van der Waals surface area contributed by atoms with Crippen LogP contribution in [0.3, 0.4) is 0 Å². The Morgan fingerprint density at radius 3 is 2.63 bits per heavy atom. The van der Waals surface area contributed by atoms with E-state index >= 15 is 0 Å². The van der Waals surface area contributed by atoms with Crippen LogP contribution in [0.5, 0.6) is 5.75 Å². The van der Waals surface area contributed by atoms with E-state index in [4.69, 9.17) is 4.74 Å². The largest absolute Gasteiger partial charge is 0.494 e. The molecule has 0 radical (unpaired) electrons. The van der Waals surface area contributed by atoms with E-state index in [0.717, 1.165) is 53.7 Å². The molecule has 2 aromatic heterocycles. The van der Waals surface area contributed by atoms with Gasteiger partial charge in [-0.1, -0.05) is 32.6 Å². The molecule has 4 rings (SSSR count). The first-order valence-electron chi connectivity index (χ1n) is 13.1. The third-order valence-corrected chi connectivity index (χ3v) is 6.99. The van der Waals surface area contributed by atoms with Crippen LogP contribution in [-0.2, 0) is 12.1 Å². The maximum Gasteiger partial charge on any atom is 0.252 e. The molecule has 1 N–H and O–H groups in total. The molecule has 1 aromatic carbocycles. The molecule has 0 aliphatic heterocycles. The lowest BCUT2D eigenvalue weighted by molar-refractivity contribution is 0.0779. The van der Waals surface area contributed by atoms with Crippen molar-refractivity contribution in [2.24, 2.45) is 0 Å². The summed E-state index contributed by atoms with van der Waals surface area (Å²) >= 11 is 0. The molecule has 0 saturated heterocycles. The van der Waals surface area contributed by atoms with Gasteiger partial charge in [-0.3, -0.25) is 9.69 Å². The molecule has 1 aliphatic carbocycles. The average molecular weight is 481 g/mol. The van der Waals surface area contributed by atoms with E-state index in [1.807, 2.05) is 35.9 Å². The highest BCUT2D eigenvalue weighted by Gasteiger charge is 2.34. The van der Waals surface area contributed by atoms with Gasteiger partial charge < -0.3 is 9.72 Å². The van der Waals surface area contributed by atoms with E-state index in [1.54, 1.807) is 0 Å². The lowest BCUT2D eigenvalue weighted by Crippen LogP contribution is -2.42. The molecule has 35 heavy (non-hydrogen) atoms. The van der Waals surface area contributed by atoms with E-state index < -0.39 is 0 Å². The number of nitrogens with one attached hydrogen (secondary N) is 1. The Morgan fingerprint density at radius 1 is 1.17 bits per heavy atom. The van der Waals surface area contributed by atoms with Crippen LogP contribution in [0.25, 0.3) is 10.9 Å². The number of aromatic amines is 1. The molecule has 0 unspecified atom stereocenters. The van der Waals surface area contributed by atoms with Crippen LogP contribution in [0, 0.1) is 0 Å². The third kappa shape index (κ3) is 5.74. The van der Waals surface area contributed by atoms with Crippen LogP contribution < -0.4 is 10.3 Å². The highest BCUT2D eigenvalue weighted by atomic mass is 16.5. The van der Waals surface area contributed by atoms with Crippen LogP contribution >= 0.6 is 0 Å². The van der Waals surface area contributed by atoms with Gasteiger partial charge in [0.15, 0.2) is 5.82 Å². The van der Waals surface area contributed by atoms with Crippen molar-refractivity contribution in [1.82, 2.24) is 30.1 Å². The Labute approximate surface area is 208 Å². The quantitative estimate of drug-likeness (QED) is 0.444. The monoisotopic (exact) mass is 480 g/mol. The smallest absolute Gasteiger partial charge is 0.252 e. The Morgan fingerprint density at radius 2 is 1.94 bits per heavy atom. The predicted molar refractivity (Wildman–Crippen MR) is 139 cm³/mol. The molecule has 1 aliphatic rings. The van der Waals surface area contributed by atoms with Gasteiger partial charge in [-0.15, -0.1) is 5.10 Å². The number of hydrogen-bond donors (Lipinski definition) is 1. The molecule has 190 valence electrons. The number of H-pyrrole nitrogens is 1. The van der Waals surface area contributed by atoms with Gasteiger partial charge in [0.1, 0.15) is 5.75 Å². The maximum atomic E-state index is 13.2. The minimum Gasteiger partial charge on any atom is -0.494 e. The van der Waals surface area contributed by atoms with Gasteiger partial charge in [-0.05, 0) is 81.6 Å². The molecule has 3 aromatic rings. The van der Waals surface area contributed by atoms with Crippen molar-refractivity contribution in [3.05, 3.63) is 46.0 Å². The fraction of sp³-hybridized carbons (Fsp3) is 0.630. The summed E-state index contributed by atoms with van der Waals surface area (Å²) in [5, 5.41) is 13.9. The van der Waals surface area contributed by atoms with Crippen molar-refractivity contribution < 1.29 is 4.74 Å². The third-order valence-electron chi connectivity index (χ3n) is 6.99. The van der Waals surface area contributed by atoms with Gasteiger partial charge in [0.25, 0.3) is 5.56 Å². The Bertz CT molecular complexity index is 1170. The zero-order chi connectivity index (χ0) is 25.0. The second-order valence-corrected chi connectivity index (χ2v) is 10.7. The lowest BCUT2D eigenvalue weighted by Gasteiger charge is -2.40. The van der Waals surface area contributed by atoms with Gasteiger partial charge in [-0.2, -0.15) is 0 Å². The normalized spacial score (nSPS) is 16.2. The van der Waals surface area contributed by atoms with Crippen molar-refractivity contribution in [2.75, 3.05) is 6.61 Å². The minimum atomic E-state index is -0.223. The first-order chi connectivity index (χ1) is 16.8. The molecule has 8 nitrogen and oxygen atoms in total. The molecule has 1 fully saturated rings. The zero-order valence-electron chi connectivity index (χ0n) is 21.9. The van der Waals surface area contributed by atoms with E-state index in [-0.39, 0.29) is 17.1 Å². The minimum absolute atomic E-state index is 0.0341. The van der Waals surface area contributed by atoms with Crippen LogP contribution in [0.2, 0.25) is 0 Å². The molecular formula is C27H40N6O2. The Balaban J connectivity index is 1.76. The molecule has 0 bridgehead atoms. The van der Waals surface area contributed by atoms with Gasteiger partial charge in [-0.25, -0.2) is 4.68 Å². The van der Waals surface area contributed by atoms with Crippen molar-refractivity contribution in [1.29, 1.82) is 0 Å². The number of nitrogens with zero attached hydrogens (tertiary/aromatic N) is 5. The molecule has 0 spiro atoms. The van der Waals surface area contributed by atoms with Gasteiger partial charge in [0, 0.05) is 29.1 Å². The standard InChI is InChI=1S/C27H40N6O2/c1-6-11-24(25-29-30-31-33(25)27(3,4)5)32(21-12-9-8-10-13-21)18-20-16-19-17-22(35-7-2)14-15-23(19)28-26(20)34/h14-17,21,24H,6-13,18H2,1-5H3,(H,28,34)/t24-/m1/s1. The number of hydrogen-bond acceptors (Lipinski definition) is 6. The topological polar surface area (TPSA) is 88.9 Å². The molecule has 0 amide bonds. The number of rotatable bonds is 9. The van der Waals surface area contributed by atoms with Crippen molar-refractivity contribution >= 4 is 10.9 Å². The molecular weight excluding hydrogens is 440 g/mol. The maximum absolute atomic E-state index is 13.2. The van der Waals surface area contributed by atoms with E-state index in [2.05, 4.69) is 53.1 Å². The second kappa shape index (κ2) is 10.9. The second-order valence-electron chi connectivity index (χ2n) is 10.7. The van der Waals surface area contributed by atoms with Crippen LogP contribution in [-0.4, -0.2) is 42.7 Å². The van der Waals surface area contributed by atoms with E-state index in [0.29, 0.717) is 19.2 Å². The van der Waals surface area contributed by atoms with E-state index in [9.17, 15) is 4.79 Å². The fourth-order valence-corrected chi connectivity index (χ4v) is 5.30. The van der Waals surface area contributed by atoms with Crippen molar-refractivity contribution in [2.45, 2.75) is 104 Å². The van der Waals surface area contributed by atoms with Crippen LogP contribution in [0.15, 0.2) is 29.1 Å². The summed E-state index contributed by atoms with van der Waals surface area (Å²) in [5.74, 6) is 1.70. The summed E-state index contributed by atoms with van der Waals surface area (Å²) in [5.41, 5.74) is 1.34. The number of ether oxygens (including phenoxy) is 1. The first-order valence-corrected chi connectivity index (χ1v) is 13.1. The van der Waals surface area contributed by atoms with E-state index in [1.165, 1.54) is 19.3 Å². The van der Waals surface area contributed by atoms with Gasteiger partial charge in [0.2, 0.25) is 0 Å². The van der Waals surface area contributed by atoms with Crippen molar-refractivity contribution in [3.63, 3.8) is 0 Å². The average Bonchev–Trinajstić information content (AvgIpc) is 3.33. The molecule has 1 saturated carbocycles. The first kappa shape index (κ1) is 25.4. The van der Waals surface area contributed by atoms with Gasteiger partial charge >= 0.3 is 0 Å². The number of pyridine rings is 1. The Kier molecular flexibility index (Phi) is 7.89. The SMILES string of the molecule is CCC[C@H](c1nnnn1C(C)(C)C)N(Cc1cc2cc(OCC)ccc2[nH]c1=O)C1CCCCC1. The molecule has 1 atom stereocenters. The summed E-state index contributed by atoms with van der Waals surface area (Å²) in [7, 11) is 0. The number of fused-ring (bicyclic) bond motifs is 1. The predicted octanol–water partition coefficient (Wildman–Crippen LogP) is 5.34. The molecule has 2 heterocycles. The van der Waals surface area contributed by atoms with Crippen LogP contribution in [0.1, 0.15) is 97.0 Å². The van der Waals surface area contributed by atoms with Gasteiger partial charge in [0.05, 0.1) is 18.2 Å². The summed E-state index contributed by atoms with van der Waals surface area (Å²) < 4.78 is 7.66. The summed E-state index contributed by atoms with van der Waals surface area (Å²) in [6, 6.07) is 8.30. The number of aromatic nitrogens is 5. The van der Waals surface area contributed by atoms with Crippen LogP contribution in [0.4, 0.5) is 0 Å². The Hall–Kier alpha value is -2.74.